The van der Waals surface area contributed by atoms with E-state index in [0.29, 0.717) is 18.0 Å². The average molecular weight is 506 g/mol. The first kappa shape index (κ1) is 25.3. The summed E-state index contributed by atoms with van der Waals surface area (Å²) in [6.45, 7) is 3.98. The minimum Gasteiger partial charge on any atom is -0.477 e. The Balaban J connectivity index is 1.50. The van der Waals surface area contributed by atoms with E-state index in [4.69, 9.17) is 9.47 Å². The lowest BCUT2D eigenvalue weighted by atomic mass is 10.2. The van der Waals surface area contributed by atoms with Gasteiger partial charge in [-0.1, -0.05) is 38.1 Å². The van der Waals surface area contributed by atoms with Crippen LogP contribution in [0.15, 0.2) is 72.8 Å². The largest absolute Gasteiger partial charge is 0.477 e. The summed E-state index contributed by atoms with van der Waals surface area (Å²) in [6, 6.07) is 18.8. The Morgan fingerprint density at radius 3 is 2.46 bits per heavy atom. The molecule has 1 aromatic heterocycles. The number of hydrogen-bond acceptors (Lipinski definition) is 7. The van der Waals surface area contributed by atoms with Gasteiger partial charge in [0.15, 0.2) is 18.2 Å². The molecule has 1 N–H and O–H groups in total. The summed E-state index contributed by atoms with van der Waals surface area (Å²) in [6.07, 6.45) is 0. The van der Waals surface area contributed by atoms with E-state index in [2.05, 4.69) is 15.4 Å². The van der Waals surface area contributed by atoms with Crippen LogP contribution in [0.1, 0.15) is 13.8 Å². The van der Waals surface area contributed by atoms with Gasteiger partial charge in [0, 0.05) is 11.8 Å². The molecule has 0 spiro atoms. The molecule has 37 heavy (non-hydrogen) atoms. The molecule has 0 fully saturated rings. The van der Waals surface area contributed by atoms with Crippen LogP contribution in [0, 0.1) is 21.8 Å². The van der Waals surface area contributed by atoms with Gasteiger partial charge in [0.25, 0.3) is 5.91 Å². The summed E-state index contributed by atoms with van der Waals surface area (Å²) in [5, 5.41) is 18.2. The molecule has 1 heterocycles. The molecule has 0 unspecified atom stereocenters. The van der Waals surface area contributed by atoms with Crippen LogP contribution in [-0.2, 0) is 4.79 Å². The molecule has 0 bridgehead atoms. The van der Waals surface area contributed by atoms with Crippen molar-refractivity contribution in [1.29, 1.82) is 0 Å². The molecule has 0 radical (unpaired) electrons. The Kier molecular flexibility index (Phi) is 7.72. The van der Waals surface area contributed by atoms with Gasteiger partial charge in [0.2, 0.25) is 0 Å². The number of nitrogens with one attached hydrogen (secondary N) is 1. The lowest BCUT2D eigenvalue weighted by Crippen LogP contribution is -2.20. The smallest absolute Gasteiger partial charge is 0.336 e. The van der Waals surface area contributed by atoms with Crippen LogP contribution in [0.3, 0.4) is 0 Å². The van der Waals surface area contributed by atoms with Gasteiger partial charge in [-0.25, -0.2) is 9.07 Å². The zero-order valence-electron chi connectivity index (χ0n) is 20.1. The molecule has 11 heteroatoms. The van der Waals surface area contributed by atoms with E-state index in [1.54, 1.807) is 48.5 Å². The number of halogens is 1. The third kappa shape index (κ3) is 6.26. The quantitative estimate of drug-likeness (QED) is 0.237. The molecule has 4 aromatic rings. The number of nitrogens with zero attached hydrogens (tertiary/aromatic N) is 4. The van der Waals surface area contributed by atoms with Crippen LogP contribution in [0.2, 0.25) is 0 Å². The van der Waals surface area contributed by atoms with Crippen LogP contribution >= 0.6 is 0 Å². The maximum atomic E-state index is 14.5. The monoisotopic (exact) mass is 505 g/mol. The van der Waals surface area contributed by atoms with Crippen molar-refractivity contribution in [2.24, 2.45) is 5.92 Å². The zero-order chi connectivity index (χ0) is 26.4. The van der Waals surface area contributed by atoms with Crippen molar-refractivity contribution in [2.45, 2.75) is 13.8 Å². The van der Waals surface area contributed by atoms with Gasteiger partial charge >= 0.3 is 11.7 Å². The number of carbonyl (C=O) groups is 1. The zero-order valence-corrected chi connectivity index (χ0v) is 20.1. The molecule has 0 aliphatic heterocycles. The Labute approximate surface area is 211 Å². The van der Waals surface area contributed by atoms with Gasteiger partial charge in [-0.15, -0.1) is 5.10 Å². The normalized spacial score (nSPS) is 10.8. The van der Waals surface area contributed by atoms with Crippen molar-refractivity contribution < 1.29 is 23.6 Å². The maximum Gasteiger partial charge on any atom is 0.336 e. The fourth-order valence-corrected chi connectivity index (χ4v) is 3.35. The standard InChI is InChI=1S/C26H24FN5O5/c1-17(2)15-37-26-29-25(20-7-3-4-8-21(20)27)31(30-26)19-13-11-18(12-14-19)28-24(33)16-36-23-10-6-5-9-22(23)32(34)35/h3-14,17H,15-16H2,1-2H3,(H,28,33). The number of aromatic nitrogens is 3. The Morgan fingerprint density at radius 1 is 1.05 bits per heavy atom. The van der Waals surface area contributed by atoms with Gasteiger partial charge in [-0.3, -0.25) is 14.9 Å². The second-order valence-electron chi connectivity index (χ2n) is 8.42. The molecule has 4 rings (SSSR count). The van der Waals surface area contributed by atoms with Crippen LogP contribution in [0.5, 0.6) is 11.8 Å². The number of carbonyl (C=O) groups excluding carboxylic acids is 1. The second kappa shape index (κ2) is 11.3. The number of hydrogen-bond donors (Lipinski definition) is 1. The summed E-state index contributed by atoms with van der Waals surface area (Å²) in [5.74, 6) is -0.423. The van der Waals surface area contributed by atoms with Crippen LogP contribution in [0.4, 0.5) is 15.8 Å². The minimum absolute atomic E-state index is 0.000318. The predicted molar refractivity (Wildman–Crippen MR) is 134 cm³/mol. The average Bonchev–Trinajstić information content (AvgIpc) is 3.31. The summed E-state index contributed by atoms with van der Waals surface area (Å²) in [7, 11) is 0. The molecule has 3 aromatic carbocycles. The number of benzene rings is 3. The first-order valence-corrected chi connectivity index (χ1v) is 11.4. The van der Waals surface area contributed by atoms with Crippen molar-refractivity contribution in [3.63, 3.8) is 0 Å². The topological polar surface area (TPSA) is 121 Å². The first-order valence-electron chi connectivity index (χ1n) is 11.4. The van der Waals surface area contributed by atoms with Crippen molar-refractivity contribution in [2.75, 3.05) is 18.5 Å². The lowest BCUT2D eigenvalue weighted by Gasteiger charge is -2.10. The number of rotatable bonds is 10. The fraction of sp³-hybridized carbons (Fsp3) is 0.192. The van der Waals surface area contributed by atoms with E-state index in [-0.39, 0.29) is 34.8 Å². The molecule has 190 valence electrons. The van der Waals surface area contributed by atoms with Gasteiger partial charge in [-0.2, -0.15) is 4.98 Å². The van der Waals surface area contributed by atoms with Crippen LogP contribution in [-0.4, -0.2) is 38.8 Å². The molecule has 0 saturated carbocycles. The van der Waals surface area contributed by atoms with Crippen molar-refractivity contribution in [3.8, 4) is 28.8 Å². The third-order valence-corrected chi connectivity index (χ3v) is 5.06. The van der Waals surface area contributed by atoms with E-state index < -0.39 is 23.3 Å². The van der Waals surface area contributed by atoms with E-state index in [0.717, 1.165) is 0 Å². The first-order chi connectivity index (χ1) is 17.8. The predicted octanol–water partition coefficient (Wildman–Crippen LogP) is 5.03. The highest BCUT2D eigenvalue weighted by molar-refractivity contribution is 5.92. The molecular weight excluding hydrogens is 481 g/mol. The molecule has 10 nitrogen and oxygen atoms in total. The van der Waals surface area contributed by atoms with E-state index in [1.807, 2.05) is 13.8 Å². The SMILES string of the molecule is CC(C)COc1nc(-c2ccccc2F)n(-c2ccc(NC(=O)COc3ccccc3[N+](=O)[O-])cc2)n1. The summed E-state index contributed by atoms with van der Waals surface area (Å²) < 4.78 is 27.0. The van der Waals surface area contributed by atoms with E-state index in [9.17, 15) is 19.3 Å². The van der Waals surface area contributed by atoms with Gasteiger partial charge in [0.1, 0.15) is 5.82 Å². The maximum absolute atomic E-state index is 14.5. The van der Waals surface area contributed by atoms with Crippen molar-refractivity contribution in [3.05, 3.63) is 88.7 Å². The molecular formula is C26H24FN5O5. The van der Waals surface area contributed by atoms with E-state index in [1.165, 1.54) is 28.9 Å². The molecule has 0 aliphatic carbocycles. The Morgan fingerprint density at radius 2 is 1.76 bits per heavy atom. The van der Waals surface area contributed by atoms with Gasteiger partial charge in [-0.05, 0) is 48.4 Å². The highest BCUT2D eigenvalue weighted by Crippen LogP contribution is 2.27. The molecule has 0 saturated heterocycles. The summed E-state index contributed by atoms with van der Waals surface area (Å²) >= 11 is 0. The number of nitro benzene ring substituents is 1. The number of para-hydroxylation sites is 2. The molecule has 0 aliphatic rings. The van der Waals surface area contributed by atoms with E-state index >= 15 is 0 Å². The van der Waals surface area contributed by atoms with Crippen molar-refractivity contribution >= 4 is 17.3 Å². The highest BCUT2D eigenvalue weighted by Gasteiger charge is 2.18. The van der Waals surface area contributed by atoms with Crippen LogP contribution in [0.25, 0.3) is 17.1 Å². The molecule has 1 amide bonds. The number of ether oxygens (including phenoxy) is 2. The van der Waals surface area contributed by atoms with Crippen LogP contribution < -0.4 is 14.8 Å². The molecule has 0 atom stereocenters. The lowest BCUT2D eigenvalue weighted by molar-refractivity contribution is -0.385. The Bertz CT molecular complexity index is 1400. The van der Waals surface area contributed by atoms with Crippen molar-refractivity contribution in [1.82, 2.24) is 14.8 Å². The highest BCUT2D eigenvalue weighted by atomic mass is 19.1. The summed E-state index contributed by atoms with van der Waals surface area (Å²) in [4.78, 5) is 27.2. The fourth-order valence-electron chi connectivity index (χ4n) is 3.35. The number of nitro groups is 1. The number of amides is 1. The van der Waals surface area contributed by atoms with Gasteiger partial charge in [0.05, 0.1) is 22.8 Å². The second-order valence-corrected chi connectivity index (χ2v) is 8.42. The minimum atomic E-state index is -0.578. The summed E-state index contributed by atoms with van der Waals surface area (Å²) in [5.41, 5.74) is 1.07. The number of anilines is 1. The van der Waals surface area contributed by atoms with Gasteiger partial charge < -0.3 is 14.8 Å². The Hall–Kier alpha value is -4.80. The third-order valence-electron chi connectivity index (χ3n) is 5.06.